The van der Waals surface area contributed by atoms with Gasteiger partial charge < -0.3 is 15.0 Å². The van der Waals surface area contributed by atoms with Gasteiger partial charge in [0.1, 0.15) is 0 Å². The molecule has 0 bridgehead atoms. The number of halogens is 2. The van der Waals surface area contributed by atoms with E-state index in [-0.39, 0.29) is 21.6 Å². The normalized spacial score (nSPS) is 12.0. The fraction of sp³-hybridized carbons (Fsp3) is 0.0625. The second-order valence-electron chi connectivity index (χ2n) is 5.72. The summed E-state index contributed by atoms with van der Waals surface area (Å²) in [5.41, 5.74) is 1.39. The number of rotatable bonds is 3. The van der Waals surface area contributed by atoms with Gasteiger partial charge in [0.2, 0.25) is 21.0 Å². The van der Waals surface area contributed by atoms with E-state index in [0.29, 0.717) is 11.1 Å². The van der Waals surface area contributed by atoms with Gasteiger partial charge in [-0.05, 0) is 58.5 Å². The topological polar surface area (TPSA) is 122 Å². The molecule has 3 aromatic rings. The molecule has 0 spiro atoms. The van der Waals surface area contributed by atoms with Crippen LogP contribution in [0, 0.1) is 0 Å². The van der Waals surface area contributed by atoms with Gasteiger partial charge in [0.15, 0.2) is 5.69 Å². The molecule has 0 unspecified atom stereocenters. The highest BCUT2D eigenvalue weighted by molar-refractivity contribution is 9.11. The number of primary sulfonamides is 1. The Kier molecular flexibility index (Phi) is 5.87. The van der Waals surface area contributed by atoms with Crippen molar-refractivity contribution in [3.05, 3.63) is 45.3 Å². The summed E-state index contributed by atoms with van der Waals surface area (Å²) in [5.74, 6) is -0.0726. The first-order valence-corrected chi connectivity index (χ1v) is 11.1. The number of nitrogens with zero attached hydrogens (tertiary/aromatic N) is 3. The van der Waals surface area contributed by atoms with Crippen LogP contribution in [-0.4, -0.2) is 23.2 Å². The maximum Gasteiger partial charge on any atom is 0.238 e. The van der Waals surface area contributed by atoms with E-state index >= 15 is 0 Å². The predicted molar refractivity (Wildman–Crippen MR) is 119 cm³/mol. The van der Waals surface area contributed by atoms with Crippen molar-refractivity contribution < 1.29 is 13.5 Å². The minimum absolute atomic E-state index is 0.0166. The van der Waals surface area contributed by atoms with Crippen LogP contribution in [0.1, 0.15) is 0 Å². The fourth-order valence-corrected chi connectivity index (χ4v) is 4.78. The molecule has 1 heterocycles. The molecular weight excluding hydrogens is 534 g/mol. The van der Waals surface area contributed by atoms with Crippen molar-refractivity contribution in [2.75, 3.05) is 5.32 Å². The summed E-state index contributed by atoms with van der Waals surface area (Å²) in [6, 6.07) is 9.50. The van der Waals surface area contributed by atoms with E-state index in [9.17, 15) is 13.5 Å². The Hall–Kier alpha value is -1.86. The van der Waals surface area contributed by atoms with Crippen molar-refractivity contribution in [3.8, 4) is 5.88 Å². The molecule has 0 atom stereocenters. The predicted octanol–water partition coefficient (Wildman–Crippen LogP) is 4.54. The zero-order chi connectivity index (χ0) is 20.6. The van der Waals surface area contributed by atoms with E-state index in [0.717, 1.165) is 14.5 Å². The molecule has 4 N–H and O–H groups in total. The molecule has 1 aromatic heterocycles. The molecule has 146 valence electrons. The van der Waals surface area contributed by atoms with Crippen molar-refractivity contribution in [1.82, 2.24) is 4.57 Å². The SMILES string of the molecule is Cn1c(O)c(N=NC(=S)Nc2cccc(S(N)(=O)=O)c2)c2cc(Br)cc(Br)c21. The van der Waals surface area contributed by atoms with Crippen molar-refractivity contribution >= 4 is 81.5 Å². The van der Waals surface area contributed by atoms with Gasteiger partial charge in [0, 0.05) is 27.1 Å². The summed E-state index contributed by atoms with van der Waals surface area (Å²) < 4.78 is 26.0. The van der Waals surface area contributed by atoms with Crippen LogP contribution < -0.4 is 10.5 Å². The number of hydrogen-bond donors (Lipinski definition) is 3. The highest BCUT2D eigenvalue weighted by Gasteiger charge is 2.17. The van der Waals surface area contributed by atoms with E-state index in [1.165, 1.54) is 18.2 Å². The summed E-state index contributed by atoms with van der Waals surface area (Å²) in [4.78, 5) is -0.0568. The molecule has 28 heavy (non-hydrogen) atoms. The van der Waals surface area contributed by atoms with E-state index < -0.39 is 10.0 Å². The number of nitrogens with two attached hydrogens (primary N) is 1. The molecule has 0 amide bonds. The highest BCUT2D eigenvalue weighted by Crippen LogP contribution is 2.42. The second kappa shape index (κ2) is 7.87. The number of anilines is 1. The van der Waals surface area contributed by atoms with Gasteiger partial charge in [-0.1, -0.05) is 22.0 Å². The zero-order valence-corrected chi connectivity index (χ0v) is 19.0. The Morgan fingerprint density at radius 3 is 2.68 bits per heavy atom. The van der Waals surface area contributed by atoms with Gasteiger partial charge in [0.05, 0.1) is 10.4 Å². The van der Waals surface area contributed by atoms with Crippen LogP contribution in [0.5, 0.6) is 5.88 Å². The first-order valence-electron chi connectivity index (χ1n) is 7.60. The van der Waals surface area contributed by atoms with E-state index in [2.05, 4.69) is 47.4 Å². The van der Waals surface area contributed by atoms with E-state index in [1.54, 1.807) is 23.7 Å². The second-order valence-corrected chi connectivity index (χ2v) is 9.44. The standard InChI is InChI=1S/C16H13Br2N5O3S2/c1-23-14-11(5-8(17)6-12(14)18)13(15(23)24)21-22-16(27)20-9-3-2-4-10(7-9)28(19,25)26/h2-7,24H,1H3,(H,20,27)(H2,19,25,26). The molecule has 3 rings (SSSR count). The van der Waals surface area contributed by atoms with Gasteiger partial charge in [-0.3, -0.25) is 0 Å². The summed E-state index contributed by atoms with van der Waals surface area (Å²) in [6.07, 6.45) is 0. The zero-order valence-electron chi connectivity index (χ0n) is 14.2. The van der Waals surface area contributed by atoms with Gasteiger partial charge in [-0.15, -0.1) is 10.2 Å². The minimum atomic E-state index is -3.83. The number of azo groups is 1. The van der Waals surface area contributed by atoms with Crippen molar-refractivity contribution in [2.45, 2.75) is 4.90 Å². The summed E-state index contributed by atoms with van der Waals surface area (Å²) >= 11 is 12.0. The Morgan fingerprint density at radius 2 is 2.00 bits per heavy atom. The van der Waals surface area contributed by atoms with E-state index in [1.807, 2.05) is 6.07 Å². The maximum absolute atomic E-state index is 11.4. The highest BCUT2D eigenvalue weighted by atomic mass is 79.9. The summed E-state index contributed by atoms with van der Waals surface area (Å²) in [6.45, 7) is 0. The molecule has 0 radical (unpaired) electrons. The Morgan fingerprint density at radius 1 is 1.29 bits per heavy atom. The van der Waals surface area contributed by atoms with Crippen LogP contribution in [0.15, 0.2) is 60.5 Å². The molecule has 12 heteroatoms. The molecule has 0 saturated carbocycles. The lowest BCUT2D eigenvalue weighted by Gasteiger charge is -2.05. The molecule has 0 aliphatic rings. The third kappa shape index (κ3) is 4.25. The number of aromatic nitrogens is 1. The van der Waals surface area contributed by atoms with Crippen molar-refractivity contribution in [2.24, 2.45) is 22.4 Å². The molecule has 2 aromatic carbocycles. The quantitative estimate of drug-likeness (QED) is 0.329. The lowest BCUT2D eigenvalue weighted by Crippen LogP contribution is -2.13. The smallest absolute Gasteiger partial charge is 0.238 e. The number of sulfonamides is 1. The number of thiocarbonyl (C=S) groups is 1. The molecule has 0 fully saturated rings. The van der Waals surface area contributed by atoms with Crippen LogP contribution in [0.25, 0.3) is 10.9 Å². The van der Waals surface area contributed by atoms with Crippen molar-refractivity contribution in [3.63, 3.8) is 0 Å². The Labute approximate surface area is 182 Å². The number of aryl methyl sites for hydroxylation is 1. The summed E-state index contributed by atoms with van der Waals surface area (Å²) in [5, 5.41) is 26.9. The van der Waals surface area contributed by atoms with Crippen molar-refractivity contribution in [1.29, 1.82) is 0 Å². The average molecular weight is 547 g/mol. The third-order valence-corrected chi connectivity index (χ3v) is 5.96. The summed E-state index contributed by atoms with van der Waals surface area (Å²) in [7, 11) is -2.13. The van der Waals surface area contributed by atoms with E-state index in [4.69, 9.17) is 17.4 Å². The molecule has 0 aliphatic heterocycles. The fourth-order valence-electron chi connectivity index (χ4n) is 2.57. The first-order chi connectivity index (χ1) is 13.1. The first kappa shape index (κ1) is 20.9. The van der Waals surface area contributed by atoms with Crippen LogP contribution in [0.2, 0.25) is 0 Å². The van der Waals surface area contributed by atoms with Crippen LogP contribution >= 0.6 is 44.1 Å². The number of aromatic hydroxyl groups is 1. The largest absolute Gasteiger partial charge is 0.493 e. The maximum atomic E-state index is 11.4. The third-order valence-electron chi connectivity index (χ3n) is 3.80. The van der Waals surface area contributed by atoms with Crippen LogP contribution in [0.3, 0.4) is 0 Å². The number of fused-ring (bicyclic) bond motifs is 1. The monoisotopic (exact) mass is 545 g/mol. The Balaban J connectivity index is 1.91. The molecule has 8 nitrogen and oxygen atoms in total. The van der Waals surface area contributed by atoms with Gasteiger partial charge in [0.25, 0.3) is 0 Å². The molecule has 0 aliphatic carbocycles. The average Bonchev–Trinajstić information content (AvgIpc) is 2.83. The lowest BCUT2D eigenvalue weighted by molar-refractivity contribution is 0.436. The molecule has 0 saturated heterocycles. The lowest BCUT2D eigenvalue weighted by atomic mass is 10.2. The van der Waals surface area contributed by atoms with Crippen LogP contribution in [0.4, 0.5) is 11.4 Å². The number of benzene rings is 2. The number of nitrogens with one attached hydrogen (secondary N) is 1. The van der Waals surface area contributed by atoms with Gasteiger partial charge in [-0.25, -0.2) is 13.6 Å². The van der Waals surface area contributed by atoms with Gasteiger partial charge >= 0.3 is 0 Å². The molecular formula is C16H13Br2N5O3S2. The minimum Gasteiger partial charge on any atom is -0.493 e. The van der Waals surface area contributed by atoms with Gasteiger partial charge in [-0.2, -0.15) is 0 Å². The number of hydrogen-bond acceptors (Lipinski definition) is 5. The van der Waals surface area contributed by atoms with Crippen LogP contribution in [-0.2, 0) is 17.1 Å². The Bertz CT molecular complexity index is 1240.